The van der Waals surface area contributed by atoms with Gasteiger partial charge in [0.25, 0.3) is 0 Å². The normalized spacial score (nSPS) is 9.47. The molecule has 1 nitrogen and oxygen atoms in total. The van der Waals surface area contributed by atoms with Crippen molar-refractivity contribution in [1.29, 1.82) is 0 Å². The predicted octanol–water partition coefficient (Wildman–Crippen LogP) is 3.70. The van der Waals surface area contributed by atoms with Crippen LogP contribution in [0, 0.1) is 0 Å². The van der Waals surface area contributed by atoms with Gasteiger partial charge in [-0.1, -0.05) is 4.32 Å². The van der Waals surface area contributed by atoms with Gasteiger partial charge in [-0.3, -0.25) is 0 Å². The fourth-order valence-electron chi connectivity index (χ4n) is 1.23. The van der Waals surface area contributed by atoms with Crippen molar-refractivity contribution in [3.05, 3.63) is 0 Å². The predicted molar refractivity (Wildman–Crippen MR) is 80.1 cm³/mol. The Morgan fingerprint density at radius 3 is 1.33 bits per heavy atom. The van der Waals surface area contributed by atoms with Crippen LogP contribution in [-0.4, -0.2) is 45.0 Å². The number of thiocarbonyl (C=S) groups is 1. The van der Waals surface area contributed by atoms with Gasteiger partial charge in [-0.25, -0.2) is 0 Å². The average molecular weight is 443 g/mol. The molecule has 0 spiro atoms. The van der Waals surface area contributed by atoms with Crippen LogP contribution in [0.5, 0.6) is 0 Å². The molecule has 1 radical (unpaired) electrons. The molecule has 0 aromatic carbocycles. The summed E-state index contributed by atoms with van der Waals surface area (Å²) in [4.78, 5) is 1.96. The second-order valence-electron chi connectivity index (χ2n) is 3.25. The maximum absolute atomic E-state index is 4.76. The number of hydrogen-bond donors (Lipinski definition) is 0. The average Bonchev–Trinajstić information content (AvgIpc) is 2.22. The molecule has 0 aliphatic rings. The van der Waals surface area contributed by atoms with Gasteiger partial charge in [-0.15, -0.1) is 0 Å². The summed E-state index contributed by atoms with van der Waals surface area (Å²) in [6.07, 6.45) is 0. The van der Waals surface area contributed by atoms with Crippen LogP contribution in [0.4, 0.5) is 0 Å². The summed E-state index contributed by atoms with van der Waals surface area (Å²) in [6.45, 7) is 13.0. The van der Waals surface area contributed by atoms with Crippen molar-refractivity contribution in [3.8, 4) is 0 Å². The molecule has 0 N–H and O–H groups in total. The van der Waals surface area contributed by atoms with Crippen LogP contribution in [0.25, 0.3) is 0 Å². The summed E-state index contributed by atoms with van der Waals surface area (Å²) in [5, 5.41) is 0. The molecule has 0 fully saturated rings. The second-order valence-corrected chi connectivity index (χ2v) is 18.4. The summed E-state index contributed by atoms with van der Waals surface area (Å²) in [7, 11) is 0. The molecule has 0 aromatic heterocycles. The van der Waals surface area contributed by atoms with E-state index in [9.17, 15) is 0 Å². The Kier molecular flexibility index (Phi) is 16.1. The topological polar surface area (TPSA) is 3.24 Å². The summed E-state index contributed by atoms with van der Waals surface area (Å²) in [6, 6.07) is 0. The number of nitrogens with zero attached hydrogens (tertiary/aromatic N) is 1. The summed E-state index contributed by atoms with van der Waals surface area (Å²) in [5.74, 6) is 0. The van der Waals surface area contributed by atoms with Crippen molar-refractivity contribution in [2.75, 3.05) is 13.1 Å². The van der Waals surface area contributed by atoms with Gasteiger partial charge in [0.05, 0.1) is 0 Å². The monoisotopic (exact) mass is 443 g/mol. The van der Waals surface area contributed by atoms with Gasteiger partial charge in [0.15, 0.2) is 0 Å². The van der Waals surface area contributed by atoms with Gasteiger partial charge in [0.1, 0.15) is 0 Å². The molecule has 0 aromatic rings. The first-order valence-electron chi connectivity index (χ1n) is 5.86. The van der Waals surface area contributed by atoms with Crippen molar-refractivity contribution in [3.63, 3.8) is 0 Å². The standard InChI is InChI=1S/C5H11NS2.3C2H5.Pb/c1-3-6(4-2)5(7)8;3*1-2;/h3-4H2,1-2H3,(H,7,8);3*1H2,2H3;/p-1. The maximum atomic E-state index is 4.76. The molecule has 0 aliphatic heterocycles. The second kappa shape index (κ2) is 13.1. The first-order valence-corrected chi connectivity index (χ1v) is 14.9. The molecule has 0 saturated heterocycles. The van der Waals surface area contributed by atoms with Crippen LogP contribution in [-0.2, 0) is 12.6 Å². The molecular formula is C11H25NPbS2-. The molecule has 4 heteroatoms. The zero-order chi connectivity index (χ0) is 12.3. The number of hydrogen-bond acceptors (Lipinski definition) is 2. The Morgan fingerprint density at radius 2 is 1.33 bits per heavy atom. The van der Waals surface area contributed by atoms with E-state index in [1.165, 1.54) is 0 Å². The molecule has 0 rings (SSSR count). The van der Waals surface area contributed by atoms with E-state index in [0.29, 0.717) is 4.32 Å². The SMILES string of the molecule is CCN(CC)C(=S)[S-].C[CH2][Pb]([CH2]C)[CH2]C. The van der Waals surface area contributed by atoms with Gasteiger partial charge in [0, 0.05) is 13.1 Å². The molecule has 0 aliphatic carbocycles. The van der Waals surface area contributed by atoms with Gasteiger partial charge >= 0.3 is 55.4 Å². The molecule has 0 bridgehead atoms. The summed E-state index contributed by atoms with van der Waals surface area (Å²) in [5.41, 5.74) is 0. The zero-order valence-corrected chi connectivity index (χ0v) is 16.3. The molecule has 15 heavy (non-hydrogen) atoms. The quantitative estimate of drug-likeness (QED) is 0.363. The van der Waals surface area contributed by atoms with Crippen LogP contribution < -0.4 is 0 Å². The molecule has 0 unspecified atom stereocenters. The van der Waals surface area contributed by atoms with E-state index in [2.05, 4.69) is 20.8 Å². The summed E-state index contributed by atoms with van der Waals surface area (Å²) >= 11 is 8.72. The third kappa shape index (κ3) is 11.3. The Labute approximate surface area is 116 Å². The number of rotatable bonds is 5. The minimum absolute atomic E-state index is 0.579. The molecule has 0 heterocycles. The van der Waals surface area contributed by atoms with Crippen molar-refractivity contribution in [1.82, 2.24) is 4.90 Å². The van der Waals surface area contributed by atoms with Crippen LogP contribution >= 0.6 is 12.2 Å². The third-order valence-corrected chi connectivity index (χ3v) is 14.7. The molecular weight excluding hydrogens is 417 g/mol. The van der Waals surface area contributed by atoms with Crippen LogP contribution in [0.3, 0.4) is 0 Å². The van der Waals surface area contributed by atoms with E-state index in [-0.39, 0.29) is 0 Å². The van der Waals surface area contributed by atoms with Gasteiger partial charge < -0.3 is 29.7 Å². The first kappa shape index (κ1) is 18.4. The van der Waals surface area contributed by atoms with Crippen molar-refractivity contribution < 1.29 is 0 Å². The summed E-state index contributed by atoms with van der Waals surface area (Å²) < 4.78 is 5.28. The van der Waals surface area contributed by atoms with Crippen molar-refractivity contribution >= 4 is 51.9 Å². The molecule has 0 atom stereocenters. The molecule has 91 valence electrons. The minimum atomic E-state index is -0.789. The van der Waals surface area contributed by atoms with E-state index < -0.39 is 22.7 Å². The first-order chi connectivity index (χ1) is 7.06. The van der Waals surface area contributed by atoms with Crippen molar-refractivity contribution in [2.45, 2.75) is 46.6 Å². The van der Waals surface area contributed by atoms with Crippen molar-refractivity contribution in [2.24, 2.45) is 0 Å². The third-order valence-electron chi connectivity index (χ3n) is 2.52. The zero-order valence-electron chi connectivity index (χ0n) is 10.8. The van der Waals surface area contributed by atoms with Crippen LogP contribution in [0.1, 0.15) is 34.6 Å². The van der Waals surface area contributed by atoms with E-state index >= 15 is 0 Å². The fourth-order valence-corrected chi connectivity index (χ4v) is 7.58. The van der Waals surface area contributed by atoms with E-state index in [1.54, 1.807) is 11.9 Å². The molecule has 0 amide bonds. The Hall–Kier alpha value is 1.03. The van der Waals surface area contributed by atoms with E-state index in [1.807, 2.05) is 18.7 Å². The van der Waals surface area contributed by atoms with E-state index in [4.69, 9.17) is 24.8 Å². The Morgan fingerprint density at radius 1 is 1.00 bits per heavy atom. The van der Waals surface area contributed by atoms with Gasteiger partial charge in [-0.05, 0) is 13.8 Å². The Balaban J connectivity index is 0. The molecule has 0 saturated carbocycles. The fraction of sp³-hybridized carbons (Fsp3) is 0.909. The van der Waals surface area contributed by atoms with Gasteiger partial charge in [0.2, 0.25) is 0 Å². The van der Waals surface area contributed by atoms with Crippen LogP contribution in [0.15, 0.2) is 0 Å². The Bertz CT molecular complexity index is 140. The van der Waals surface area contributed by atoms with Gasteiger partial charge in [-0.2, -0.15) is 0 Å². The van der Waals surface area contributed by atoms with Crippen LogP contribution in [0.2, 0.25) is 11.9 Å². The van der Waals surface area contributed by atoms with E-state index in [0.717, 1.165) is 13.1 Å².